The lowest BCUT2D eigenvalue weighted by molar-refractivity contribution is 0.0695. The van der Waals surface area contributed by atoms with Gasteiger partial charge < -0.3 is 10.0 Å². The summed E-state index contributed by atoms with van der Waals surface area (Å²) in [7, 11) is -1.68. The number of rotatable bonds is 4. The Morgan fingerprint density at radius 1 is 1.24 bits per heavy atom. The number of benzene rings is 1. The Balaban J connectivity index is 2.36. The average Bonchev–Trinajstić information content (AvgIpc) is 2.46. The molecular formula is C14H20N2O4S. The maximum absolute atomic E-state index is 12.6. The van der Waals surface area contributed by atoms with Crippen LogP contribution in [0.2, 0.25) is 0 Å². The second kappa shape index (κ2) is 6.13. The van der Waals surface area contributed by atoms with Crippen molar-refractivity contribution in [3.8, 4) is 0 Å². The van der Waals surface area contributed by atoms with Crippen molar-refractivity contribution in [1.82, 2.24) is 9.21 Å². The maximum Gasteiger partial charge on any atom is 0.336 e. The number of likely N-dealkylation sites (N-methyl/N-ethyl adjacent to an activating group) is 1. The standard InChI is InChI=1S/C14H20N2O4S/c1-3-11-4-5-12(10-13(11)14(17)18)21(19,20)16-8-6-15(2)7-9-16/h4-5,10H,3,6-9H2,1-2H3,(H,17,18). The van der Waals surface area contributed by atoms with E-state index in [9.17, 15) is 18.3 Å². The summed E-state index contributed by atoms with van der Waals surface area (Å²) in [5.41, 5.74) is 0.701. The molecule has 1 aliphatic rings. The molecule has 7 heteroatoms. The van der Waals surface area contributed by atoms with Crippen molar-refractivity contribution in [1.29, 1.82) is 0 Å². The summed E-state index contributed by atoms with van der Waals surface area (Å²) in [6, 6.07) is 4.36. The lowest BCUT2D eigenvalue weighted by Gasteiger charge is -2.31. The highest BCUT2D eigenvalue weighted by molar-refractivity contribution is 7.89. The maximum atomic E-state index is 12.6. The highest BCUT2D eigenvalue weighted by Crippen LogP contribution is 2.21. The molecule has 0 spiro atoms. The Bertz CT molecular complexity index is 634. The number of carbonyl (C=O) groups is 1. The van der Waals surface area contributed by atoms with Gasteiger partial charge in [-0.1, -0.05) is 13.0 Å². The van der Waals surface area contributed by atoms with Gasteiger partial charge >= 0.3 is 5.97 Å². The molecule has 0 unspecified atom stereocenters. The van der Waals surface area contributed by atoms with Gasteiger partial charge in [-0.05, 0) is 31.2 Å². The predicted molar refractivity (Wildman–Crippen MR) is 79.0 cm³/mol. The van der Waals surface area contributed by atoms with E-state index in [1.54, 1.807) is 6.07 Å². The second-order valence-electron chi connectivity index (χ2n) is 5.19. The van der Waals surface area contributed by atoms with Crippen LogP contribution >= 0.6 is 0 Å². The fourth-order valence-corrected chi connectivity index (χ4v) is 3.85. The molecule has 0 aromatic heterocycles. The SMILES string of the molecule is CCc1ccc(S(=O)(=O)N2CCN(C)CC2)cc1C(=O)O. The van der Waals surface area contributed by atoms with Crippen LogP contribution in [-0.4, -0.2) is 61.9 Å². The van der Waals surface area contributed by atoms with Gasteiger partial charge in [0, 0.05) is 26.2 Å². The van der Waals surface area contributed by atoms with Gasteiger partial charge in [-0.25, -0.2) is 13.2 Å². The summed E-state index contributed by atoms with van der Waals surface area (Å²) in [4.78, 5) is 13.4. The second-order valence-corrected chi connectivity index (χ2v) is 7.12. The number of carboxylic acids is 1. The quantitative estimate of drug-likeness (QED) is 0.893. The summed E-state index contributed by atoms with van der Waals surface area (Å²) in [6.45, 7) is 4.06. The van der Waals surface area contributed by atoms with Crippen LogP contribution in [0.25, 0.3) is 0 Å². The van der Waals surface area contributed by atoms with Crippen molar-refractivity contribution in [2.24, 2.45) is 0 Å². The van der Waals surface area contributed by atoms with Crippen molar-refractivity contribution in [2.45, 2.75) is 18.2 Å². The highest BCUT2D eigenvalue weighted by atomic mass is 32.2. The van der Waals surface area contributed by atoms with Crippen molar-refractivity contribution in [3.63, 3.8) is 0 Å². The third kappa shape index (κ3) is 3.25. The van der Waals surface area contributed by atoms with Gasteiger partial charge in [0.25, 0.3) is 0 Å². The van der Waals surface area contributed by atoms with E-state index in [0.717, 1.165) is 0 Å². The molecule has 0 bridgehead atoms. The summed E-state index contributed by atoms with van der Waals surface area (Å²) >= 11 is 0. The van der Waals surface area contributed by atoms with E-state index < -0.39 is 16.0 Å². The number of carboxylic acid groups (broad SMARTS) is 1. The molecule has 1 N–H and O–H groups in total. The molecule has 0 saturated carbocycles. The summed E-state index contributed by atoms with van der Waals surface area (Å²) < 4.78 is 26.6. The molecule has 1 aromatic rings. The van der Waals surface area contributed by atoms with Crippen LogP contribution in [-0.2, 0) is 16.4 Å². The summed E-state index contributed by atoms with van der Waals surface area (Å²) in [6.07, 6.45) is 0.552. The number of hydrogen-bond donors (Lipinski definition) is 1. The van der Waals surface area contributed by atoms with E-state index in [1.807, 2.05) is 14.0 Å². The Kier molecular flexibility index (Phi) is 4.65. The minimum absolute atomic E-state index is 0.0571. The van der Waals surface area contributed by atoms with Crippen molar-refractivity contribution >= 4 is 16.0 Å². The average molecular weight is 312 g/mol. The van der Waals surface area contributed by atoms with Crippen LogP contribution in [0.5, 0.6) is 0 Å². The molecule has 1 aromatic carbocycles. The minimum Gasteiger partial charge on any atom is -0.478 e. The number of piperazine rings is 1. The molecule has 1 aliphatic heterocycles. The zero-order valence-corrected chi connectivity index (χ0v) is 13.1. The largest absolute Gasteiger partial charge is 0.478 e. The normalized spacial score (nSPS) is 17.8. The molecule has 21 heavy (non-hydrogen) atoms. The summed E-state index contributed by atoms with van der Waals surface area (Å²) in [5.74, 6) is -1.10. The van der Waals surface area contributed by atoms with Crippen LogP contribution < -0.4 is 0 Å². The molecular weight excluding hydrogens is 292 g/mol. The first-order chi connectivity index (χ1) is 9.86. The first kappa shape index (κ1) is 15.9. The number of aryl methyl sites for hydroxylation is 1. The van der Waals surface area contributed by atoms with Crippen LogP contribution in [0.4, 0.5) is 0 Å². The van der Waals surface area contributed by atoms with Crippen LogP contribution in [0.15, 0.2) is 23.1 Å². The number of sulfonamides is 1. The zero-order valence-electron chi connectivity index (χ0n) is 12.2. The van der Waals surface area contributed by atoms with Crippen LogP contribution in [0.3, 0.4) is 0 Å². The van der Waals surface area contributed by atoms with Crippen LogP contribution in [0.1, 0.15) is 22.8 Å². The molecule has 1 fully saturated rings. The third-order valence-corrected chi connectivity index (χ3v) is 5.69. The van der Waals surface area contributed by atoms with Crippen molar-refractivity contribution in [3.05, 3.63) is 29.3 Å². The number of aromatic carboxylic acids is 1. The minimum atomic E-state index is -3.62. The fourth-order valence-electron chi connectivity index (χ4n) is 2.40. The molecule has 1 saturated heterocycles. The first-order valence-electron chi connectivity index (χ1n) is 6.91. The molecule has 0 aliphatic carbocycles. The molecule has 116 valence electrons. The molecule has 0 amide bonds. The predicted octanol–water partition coefficient (Wildman–Crippen LogP) is 0.883. The molecule has 0 radical (unpaired) electrons. The number of hydrogen-bond acceptors (Lipinski definition) is 4. The molecule has 1 heterocycles. The van der Waals surface area contributed by atoms with E-state index in [4.69, 9.17) is 0 Å². The Morgan fingerprint density at radius 3 is 2.38 bits per heavy atom. The van der Waals surface area contributed by atoms with E-state index in [1.165, 1.54) is 16.4 Å². The molecule has 0 atom stereocenters. The van der Waals surface area contributed by atoms with Crippen LogP contribution in [0, 0.1) is 0 Å². The monoisotopic (exact) mass is 312 g/mol. The Morgan fingerprint density at radius 2 is 1.86 bits per heavy atom. The first-order valence-corrected chi connectivity index (χ1v) is 8.35. The van der Waals surface area contributed by atoms with Gasteiger partial charge in [-0.15, -0.1) is 0 Å². The Hall–Kier alpha value is -1.44. The number of nitrogens with zero attached hydrogens (tertiary/aromatic N) is 2. The van der Waals surface area contributed by atoms with Gasteiger partial charge in [0.1, 0.15) is 0 Å². The van der Waals surface area contributed by atoms with E-state index in [0.29, 0.717) is 38.2 Å². The van der Waals surface area contributed by atoms with E-state index in [2.05, 4.69) is 4.90 Å². The van der Waals surface area contributed by atoms with Gasteiger partial charge in [-0.3, -0.25) is 0 Å². The van der Waals surface area contributed by atoms with Gasteiger partial charge in [0.05, 0.1) is 10.5 Å². The smallest absolute Gasteiger partial charge is 0.336 e. The van der Waals surface area contributed by atoms with Crippen molar-refractivity contribution in [2.75, 3.05) is 33.2 Å². The molecule has 6 nitrogen and oxygen atoms in total. The zero-order chi connectivity index (χ0) is 15.6. The Labute approximate surface area is 125 Å². The van der Waals surface area contributed by atoms with E-state index in [-0.39, 0.29) is 10.5 Å². The summed E-state index contributed by atoms with van der Waals surface area (Å²) in [5, 5.41) is 9.22. The van der Waals surface area contributed by atoms with Gasteiger partial charge in [0.2, 0.25) is 10.0 Å². The highest BCUT2D eigenvalue weighted by Gasteiger charge is 2.28. The molecule has 2 rings (SSSR count). The van der Waals surface area contributed by atoms with Gasteiger partial charge in [-0.2, -0.15) is 4.31 Å². The lowest BCUT2D eigenvalue weighted by atomic mass is 10.1. The van der Waals surface area contributed by atoms with Gasteiger partial charge in [0.15, 0.2) is 0 Å². The third-order valence-electron chi connectivity index (χ3n) is 3.79. The lowest BCUT2D eigenvalue weighted by Crippen LogP contribution is -2.47. The fraction of sp³-hybridized carbons (Fsp3) is 0.500. The van der Waals surface area contributed by atoms with Crippen molar-refractivity contribution < 1.29 is 18.3 Å². The topological polar surface area (TPSA) is 77.9 Å². The van der Waals surface area contributed by atoms with E-state index >= 15 is 0 Å².